The Labute approximate surface area is 137 Å². The van der Waals surface area contributed by atoms with Crippen LogP contribution in [-0.2, 0) is 19.1 Å². The summed E-state index contributed by atoms with van der Waals surface area (Å²) in [7, 11) is 0. The first kappa shape index (κ1) is 19.2. The zero-order chi connectivity index (χ0) is 17.6. The van der Waals surface area contributed by atoms with E-state index in [0.717, 1.165) is 0 Å². The van der Waals surface area contributed by atoms with Crippen LogP contribution in [0.1, 0.15) is 48.0 Å². The van der Waals surface area contributed by atoms with Gasteiger partial charge < -0.3 is 9.47 Å². The monoisotopic (exact) mass is 329 g/mol. The second kappa shape index (κ2) is 8.14. The van der Waals surface area contributed by atoms with Crippen molar-refractivity contribution in [3.63, 3.8) is 0 Å². The summed E-state index contributed by atoms with van der Waals surface area (Å²) < 4.78 is 10.1. The van der Waals surface area contributed by atoms with Crippen molar-refractivity contribution in [1.29, 1.82) is 0 Å². The van der Waals surface area contributed by atoms with Gasteiger partial charge in [-0.25, -0.2) is 14.4 Å². The van der Waals surface area contributed by atoms with Crippen molar-refractivity contribution in [2.24, 2.45) is 11.0 Å². The molecule has 0 saturated carbocycles. The number of ether oxygens (including phenoxy) is 2. The van der Waals surface area contributed by atoms with Crippen LogP contribution in [0.15, 0.2) is 5.10 Å². The van der Waals surface area contributed by atoms with Gasteiger partial charge in [0.25, 0.3) is 0 Å². The largest absolute Gasteiger partial charge is 0.461 e. The molecule has 8 nitrogen and oxygen atoms in total. The molecule has 1 N–H and O–H groups in total. The number of rotatable bonds is 6. The normalized spacial score (nSPS) is 16.1. The van der Waals surface area contributed by atoms with Crippen LogP contribution in [0.25, 0.3) is 0 Å². The number of nitrogens with one attached hydrogen (secondary N) is 1. The van der Waals surface area contributed by atoms with E-state index in [2.05, 4.69) is 10.4 Å². The van der Waals surface area contributed by atoms with Gasteiger partial charge in [0.2, 0.25) is 0 Å². The minimum atomic E-state index is -0.600. The van der Waals surface area contributed by atoms with Gasteiger partial charge in [-0.15, -0.1) is 10.3 Å². The first-order valence-electron chi connectivity index (χ1n) is 7.78. The van der Waals surface area contributed by atoms with E-state index in [1.54, 1.807) is 27.7 Å². The molecule has 23 heavy (non-hydrogen) atoms. The standard InChI is InChI=1S/C15H27N3O5/c1-7-21-13(19)11-9-22-18(17-11)12(8-10(2)3)16-14(20)23-15(4,5)6/h10,12H,7-9H2,1-6H3,(H,16,20)/t12-/m0/s1. The Morgan fingerprint density at radius 2 is 2.04 bits per heavy atom. The molecule has 1 aliphatic heterocycles. The highest BCUT2D eigenvalue weighted by atomic mass is 16.7. The van der Waals surface area contributed by atoms with E-state index in [1.165, 1.54) is 5.17 Å². The summed E-state index contributed by atoms with van der Waals surface area (Å²) in [6.45, 7) is 11.4. The summed E-state index contributed by atoms with van der Waals surface area (Å²) >= 11 is 0. The van der Waals surface area contributed by atoms with Gasteiger partial charge in [0.1, 0.15) is 18.4 Å². The number of nitrogens with zero attached hydrogens (tertiary/aromatic N) is 2. The van der Waals surface area contributed by atoms with E-state index >= 15 is 0 Å². The number of hydroxylamine groups is 1. The van der Waals surface area contributed by atoms with Gasteiger partial charge in [-0.3, -0.25) is 5.32 Å². The molecule has 0 fully saturated rings. The van der Waals surface area contributed by atoms with Crippen LogP contribution in [0.4, 0.5) is 4.79 Å². The van der Waals surface area contributed by atoms with Gasteiger partial charge in [-0.2, -0.15) is 0 Å². The lowest BCUT2D eigenvalue weighted by Crippen LogP contribution is -2.47. The van der Waals surface area contributed by atoms with Gasteiger partial charge in [0, 0.05) is 0 Å². The molecule has 1 aliphatic rings. The minimum Gasteiger partial charge on any atom is -0.461 e. The van der Waals surface area contributed by atoms with Crippen LogP contribution in [0, 0.1) is 5.92 Å². The zero-order valence-electron chi connectivity index (χ0n) is 14.7. The second-order valence-electron chi connectivity index (χ2n) is 6.63. The Hall–Kier alpha value is -1.83. The fraction of sp³-hybridized carbons (Fsp3) is 0.800. The minimum absolute atomic E-state index is 0.0173. The van der Waals surface area contributed by atoms with Crippen LogP contribution in [0.2, 0.25) is 0 Å². The summed E-state index contributed by atoms with van der Waals surface area (Å²) in [6, 6.07) is 0. The van der Waals surface area contributed by atoms with Gasteiger partial charge in [-0.05, 0) is 40.0 Å². The van der Waals surface area contributed by atoms with E-state index < -0.39 is 23.8 Å². The number of hydrogen-bond acceptors (Lipinski definition) is 7. The molecular weight excluding hydrogens is 302 g/mol. The Kier molecular flexibility index (Phi) is 6.80. The lowest BCUT2D eigenvalue weighted by molar-refractivity contribution is -0.167. The van der Waals surface area contributed by atoms with Crippen molar-refractivity contribution < 1.29 is 23.9 Å². The highest BCUT2D eigenvalue weighted by molar-refractivity contribution is 6.37. The Balaban J connectivity index is 2.75. The summed E-state index contributed by atoms with van der Waals surface area (Å²) in [5, 5.41) is 8.04. The third-order valence-electron chi connectivity index (χ3n) is 2.71. The van der Waals surface area contributed by atoms with Crippen molar-refractivity contribution in [2.75, 3.05) is 13.2 Å². The maximum Gasteiger partial charge on any atom is 0.409 e. The predicted molar refractivity (Wildman–Crippen MR) is 84.5 cm³/mol. The molecule has 0 saturated heterocycles. The molecule has 0 unspecified atom stereocenters. The quantitative estimate of drug-likeness (QED) is 0.750. The van der Waals surface area contributed by atoms with E-state index in [-0.39, 0.29) is 24.8 Å². The maximum atomic E-state index is 12.0. The van der Waals surface area contributed by atoms with Crippen molar-refractivity contribution in [1.82, 2.24) is 10.5 Å². The van der Waals surface area contributed by atoms with E-state index in [1.807, 2.05) is 13.8 Å². The summed E-state index contributed by atoms with van der Waals surface area (Å²) in [5.41, 5.74) is -0.427. The van der Waals surface area contributed by atoms with Crippen LogP contribution in [0.3, 0.4) is 0 Å². The van der Waals surface area contributed by atoms with E-state index in [4.69, 9.17) is 14.3 Å². The summed E-state index contributed by atoms with van der Waals surface area (Å²) in [4.78, 5) is 29.0. The fourth-order valence-electron chi connectivity index (χ4n) is 1.87. The molecule has 132 valence electrons. The lowest BCUT2D eigenvalue weighted by atomic mass is 10.1. The summed E-state index contributed by atoms with van der Waals surface area (Å²) in [5.74, 6) is -0.240. The number of esters is 1. The molecule has 0 aromatic carbocycles. The molecule has 0 spiro atoms. The molecule has 0 aliphatic carbocycles. The average Bonchev–Trinajstić information content (AvgIpc) is 2.84. The molecule has 1 heterocycles. The molecule has 1 amide bonds. The smallest absolute Gasteiger partial charge is 0.409 e. The van der Waals surface area contributed by atoms with Crippen molar-refractivity contribution >= 4 is 17.8 Å². The predicted octanol–water partition coefficient (Wildman–Crippen LogP) is 2.05. The zero-order valence-corrected chi connectivity index (χ0v) is 14.7. The van der Waals surface area contributed by atoms with Gasteiger partial charge in [0.15, 0.2) is 5.71 Å². The van der Waals surface area contributed by atoms with Gasteiger partial charge in [0.05, 0.1) is 6.61 Å². The molecular formula is C15H27N3O5. The molecule has 0 radical (unpaired) electrons. The third-order valence-corrected chi connectivity index (χ3v) is 2.71. The number of hydrazone groups is 1. The van der Waals surface area contributed by atoms with Gasteiger partial charge >= 0.3 is 12.1 Å². The average molecular weight is 329 g/mol. The van der Waals surface area contributed by atoms with Gasteiger partial charge in [-0.1, -0.05) is 13.8 Å². The highest BCUT2D eigenvalue weighted by Crippen LogP contribution is 2.16. The Morgan fingerprint density at radius 3 is 2.57 bits per heavy atom. The number of amides is 1. The first-order chi connectivity index (χ1) is 10.6. The lowest BCUT2D eigenvalue weighted by Gasteiger charge is -2.28. The molecule has 0 aromatic heterocycles. The SMILES string of the molecule is CCOC(=O)C1=NN([C@@H](CC(C)C)NC(=O)OC(C)(C)C)OC1. The van der Waals surface area contributed by atoms with Crippen molar-refractivity contribution in [2.45, 2.75) is 59.7 Å². The van der Waals surface area contributed by atoms with E-state index in [9.17, 15) is 9.59 Å². The number of carbonyl (C=O) groups excluding carboxylic acids is 2. The van der Waals surface area contributed by atoms with E-state index in [0.29, 0.717) is 6.42 Å². The number of alkyl carbamates (subject to hydrolysis) is 1. The van der Waals surface area contributed by atoms with Crippen molar-refractivity contribution in [3.05, 3.63) is 0 Å². The van der Waals surface area contributed by atoms with Crippen LogP contribution in [-0.4, -0.2) is 47.9 Å². The fourth-order valence-corrected chi connectivity index (χ4v) is 1.87. The van der Waals surface area contributed by atoms with Crippen LogP contribution < -0.4 is 5.32 Å². The van der Waals surface area contributed by atoms with Crippen LogP contribution >= 0.6 is 0 Å². The van der Waals surface area contributed by atoms with Crippen LogP contribution in [0.5, 0.6) is 0 Å². The molecule has 0 aromatic rings. The second-order valence-corrected chi connectivity index (χ2v) is 6.63. The maximum absolute atomic E-state index is 12.0. The Morgan fingerprint density at radius 1 is 1.39 bits per heavy atom. The topological polar surface area (TPSA) is 89.5 Å². The Bertz CT molecular complexity index is 457. The molecule has 0 bridgehead atoms. The summed E-state index contributed by atoms with van der Waals surface area (Å²) in [6.07, 6.45) is -0.512. The first-order valence-corrected chi connectivity index (χ1v) is 7.78. The molecule has 8 heteroatoms. The molecule has 1 rings (SSSR count). The van der Waals surface area contributed by atoms with Crippen molar-refractivity contribution in [3.8, 4) is 0 Å². The third kappa shape index (κ3) is 6.85. The number of carbonyl (C=O) groups is 2. The number of hydrogen-bond donors (Lipinski definition) is 1. The molecule has 1 atom stereocenters. The highest BCUT2D eigenvalue weighted by Gasteiger charge is 2.31.